The van der Waals surface area contributed by atoms with Gasteiger partial charge in [-0.25, -0.2) is 0 Å². The highest BCUT2D eigenvalue weighted by molar-refractivity contribution is 14.1. The first-order valence-corrected chi connectivity index (χ1v) is 5.69. The number of hydrogen-bond acceptors (Lipinski definition) is 0. The van der Waals surface area contributed by atoms with Crippen molar-refractivity contribution in [2.45, 2.75) is 6.04 Å². The first-order chi connectivity index (χ1) is 4.74. The molecule has 0 aliphatic carbocycles. The maximum absolute atomic E-state index is 3.48. The van der Waals surface area contributed by atoms with Crippen molar-refractivity contribution >= 4 is 55.4 Å². The molecule has 10 heavy (non-hydrogen) atoms. The monoisotopic (exact) mass is 371 g/mol. The molecule has 0 saturated heterocycles. The molecular weight excluding hydrogens is 366 g/mol. The topological polar surface area (TPSA) is 0 Å². The first-order valence-electron chi connectivity index (χ1n) is 2.82. The maximum atomic E-state index is 3.48. The molecule has 0 aliphatic rings. The van der Waals surface area contributed by atoms with E-state index in [0.717, 1.165) is 6.04 Å². The van der Waals surface area contributed by atoms with E-state index in [-0.39, 0.29) is 0 Å². The lowest BCUT2D eigenvalue weighted by Crippen LogP contribution is -1.88. The molecule has 0 aliphatic heterocycles. The minimum Gasteiger partial charge on any atom is -0.0478 e. The van der Waals surface area contributed by atoms with Crippen LogP contribution in [0.1, 0.15) is 5.56 Å². The molecule has 3 radical (unpaired) electrons. The normalized spacial score (nSPS) is 9.90. The van der Waals surface area contributed by atoms with Crippen LogP contribution < -0.4 is 0 Å². The Hall–Kier alpha value is 0.897. The second kappa shape index (κ2) is 4.06. The molecule has 0 N–H and O–H groups in total. The minimum atomic E-state index is 0.940. The predicted octanol–water partition coefficient (Wildman–Crippen LogP) is 2.56. The molecule has 0 amide bonds. The second-order valence-corrected chi connectivity index (χ2v) is 4.67. The van der Waals surface area contributed by atoms with E-state index in [1.165, 1.54) is 12.7 Å². The van der Waals surface area contributed by atoms with E-state index in [0.29, 0.717) is 0 Å². The van der Waals surface area contributed by atoms with E-state index in [2.05, 4.69) is 73.6 Å². The summed E-state index contributed by atoms with van der Waals surface area (Å²) in [6.45, 7) is 0. The van der Waals surface area contributed by atoms with Crippen LogP contribution in [0.3, 0.4) is 0 Å². The molecule has 0 fully saturated rings. The average Bonchev–Trinajstić information content (AvgIpc) is 1.94. The van der Waals surface area contributed by atoms with Crippen molar-refractivity contribution in [3.8, 4) is 0 Å². The first kappa shape index (κ1) is 8.99. The van der Waals surface area contributed by atoms with E-state index in [9.17, 15) is 0 Å². The fraction of sp³-hybridized carbons (Fsp3) is 0.143. The van der Waals surface area contributed by atoms with Crippen molar-refractivity contribution in [1.29, 1.82) is 0 Å². The SMILES string of the molecule is [Si]Cc1cc(I)ccc1I. The molecule has 1 aromatic carbocycles. The zero-order valence-corrected chi connectivity index (χ0v) is 10.5. The van der Waals surface area contributed by atoms with Crippen LogP contribution in [0.25, 0.3) is 0 Å². The Bertz CT molecular complexity index is 235. The summed E-state index contributed by atoms with van der Waals surface area (Å²) in [4.78, 5) is 0. The summed E-state index contributed by atoms with van der Waals surface area (Å²) in [6, 6.07) is 7.38. The van der Waals surface area contributed by atoms with Crippen molar-refractivity contribution in [2.75, 3.05) is 0 Å². The summed E-state index contributed by atoms with van der Waals surface area (Å²) >= 11 is 4.66. The van der Waals surface area contributed by atoms with Gasteiger partial charge in [0.25, 0.3) is 0 Å². The van der Waals surface area contributed by atoms with Gasteiger partial charge >= 0.3 is 0 Å². The van der Waals surface area contributed by atoms with Crippen molar-refractivity contribution in [2.24, 2.45) is 0 Å². The van der Waals surface area contributed by atoms with E-state index in [1.54, 1.807) is 0 Å². The highest BCUT2D eigenvalue weighted by Crippen LogP contribution is 2.15. The van der Waals surface area contributed by atoms with Crippen LogP contribution in [0.15, 0.2) is 18.2 Å². The van der Waals surface area contributed by atoms with Crippen LogP contribution in [-0.2, 0) is 6.04 Å². The quantitative estimate of drug-likeness (QED) is 0.526. The number of benzene rings is 1. The molecule has 0 bridgehead atoms. The van der Waals surface area contributed by atoms with Crippen LogP contribution in [0.4, 0.5) is 0 Å². The molecular formula is C7H5I2Si. The van der Waals surface area contributed by atoms with Crippen molar-refractivity contribution in [1.82, 2.24) is 0 Å². The molecule has 0 atom stereocenters. The van der Waals surface area contributed by atoms with Gasteiger partial charge in [0.15, 0.2) is 0 Å². The Kier molecular flexibility index (Phi) is 3.65. The number of halogens is 2. The van der Waals surface area contributed by atoms with E-state index >= 15 is 0 Å². The second-order valence-electron chi connectivity index (χ2n) is 1.91. The molecule has 0 nitrogen and oxygen atoms in total. The van der Waals surface area contributed by atoms with E-state index < -0.39 is 0 Å². The van der Waals surface area contributed by atoms with Gasteiger partial charge in [-0.3, -0.25) is 0 Å². The fourth-order valence-electron chi connectivity index (χ4n) is 0.679. The third-order valence-corrected chi connectivity index (χ3v) is 3.30. The summed E-state index contributed by atoms with van der Waals surface area (Å²) in [5.41, 5.74) is 1.36. The van der Waals surface area contributed by atoms with Crippen LogP contribution in [0.5, 0.6) is 0 Å². The zero-order valence-electron chi connectivity index (χ0n) is 5.20. The number of hydrogen-bond donors (Lipinski definition) is 0. The van der Waals surface area contributed by atoms with Crippen LogP contribution in [0, 0.1) is 7.14 Å². The molecule has 3 heteroatoms. The molecule has 51 valence electrons. The van der Waals surface area contributed by atoms with Crippen LogP contribution >= 0.6 is 45.2 Å². The summed E-state index contributed by atoms with van der Waals surface area (Å²) in [5, 5.41) is 0. The summed E-state index contributed by atoms with van der Waals surface area (Å²) < 4.78 is 2.62. The van der Waals surface area contributed by atoms with Crippen LogP contribution in [0.2, 0.25) is 0 Å². The summed E-state index contributed by atoms with van der Waals surface area (Å²) in [6.07, 6.45) is 0. The third-order valence-electron chi connectivity index (χ3n) is 1.20. The molecule has 0 unspecified atom stereocenters. The Morgan fingerprint density at radius 1 is 1.30 bits per heavy atom. The zero-order chi connectivity index (χ0) is 7.56. The average molecular weight is 371 g/mol. The lowest BCUT2D eigenvalue weighted by Gasteiger charge is -1.99. The van der Waals surface area contributed by atoms with Crippen molar-refractivity contribution < 1.29 is 0 Å². The minimum absolute atomic E-state index is 0.940. The third kappa shape index (κ3) is 2.20. The predicted molar refractivity (Wildman–Crippen MR) is 61.3 cm³/mol. The van der Waals surface area contributed by atoms with Gasteiger partial charge in [-0.05, 0) is 75.0 Å². The van der Waals surface area contributed by atoms with Crippen molar-refractivity contribution in [3.63, 3.8) is 0 Å². The smallest absolute Gasteiger partial charge is 0.0284 e. The molecule has 1 rings (SSSR count). The Balaban J connectivity index is 3.09. The van der Waals surface area contributed by atoms with Gasteiger partial charge in [-0.1, -0.05) is 0 Å². The highest BCUT2D eigenvalue weighted by Gasteiger charge is 1.95. The molecule has 0 aromatic heterocycles. The van der Waals surface area contributed by atoms with Gasteiger partial charge in [-0.15, -0.1) is 0 Å². The molecule has 0 saturated carbocycles. The van der Waals surface area contributed by atoms with Crippen molar-refractivity contribution in [3.05, 3.63) is 30.9 Å². The van der Waals surface area contributed by atoms with E-state index in [1.807, 2.05) is 0 Å². The van der Waals surface area contributed by atoms with Gasteiger partial charge in [0.1, 0.15) is 0 Å². The standard InChI is InChI=1S/C7H5I2Si/c8-6-1-2-7(9)5(3-6)4-10/h1-3H,4H2. The summed E-state index contributed by atoms with van der Waals surface area (Å²) in [5.74, 6) is 0. The lowest BCUT2D eigenvalue weighted by molar-refractivity contribution is 1.35. The van der Waals surface area contributed by atoms with Gasteiger partial charge < -0.3 is 0 Å². The fourth-order valence-corrected chi connectivity index (χ4v) is 2.41. The summed E-state index contributed by atoms with van der Waals surface area (Å²) in [7, 11) is 3.48. The largest absolute Gasteiger partial charge is 0.0478 e. The highest BCUT2D eigenvalue weighted by atomic mass is 127. The Morgan fingerprint density at radius 2 is 2.00 bits per heavy atom. The van der Waals surface area contributed by atoms with Crippen LogP contribution in [-0.4, -0.2) is 10.2 Å². The Labute approximate surface area is 91.5 Å². The lowest BCUT2D eigenvalue weighted by atomic mass is 10.2. The van der Waals surface area contributed by atoms with Gasteiger partial charge in [0.05, 0.1) is 0 Å². The Morgan fingerprint density at radius 3 is 2.50 bits per heavy atom. The van der Waals surface area contributed by atoms with Gasteiger partial charge in [-0.2, -0.15) is 0 Å². The van der Waals surface area contributed by atoms with Gasteiger partial charge in [0.2, 0.25) is 0 Å². The molecule has 1 aromatic rings. The molecule has 0 spiro atoms. The number of rotatable bonds is 1. The van der Waals surface area contributed by atoms with E-state index in [4.69, 9.17) is 0 Å². The molecule has 0 heterocycles. The van der Waals surface area contributed by atoms with Gasteiger partial charge in [0, 0.05) is 17.4 Å². The maximum Gasteiger partial charge on any atom is 0.0284 e.